The largest absolute Gasteiger partial charge is 0.768 e. The maximum atomic E-state index is 13.2. The number of amides is 2. The van der Waals surface area contributed by atoms with Crippen LogP contribution >= 0.6 is 0 Å². The normalized spacial score (nSPS) is 20.9. The Morgan fingerprint density at radius 3 is 2.31 bits per heavy atom. The quantitative estimate of drug-likeness (QED) is 0.163. The summed E-state index contributed by atoms with van der Waals surface area (Å²) in [5.41, 5.74) is 2.11. The molecule has 2 amide bonds. The third-order valence-electron chi connectivity index (χ3n) is 11.9. The summed E-state index contributed by atoms with van der Waals surface area (Å²) in [5.74, 6) is 0.411. The van der Waals surface area contributed by atoms with Gasteiger partial charge in [0, 0.05) is 77.9 Å². The molecule has 0 bridgehead atoms. The molecule has 5 rings (SSSR count). The molecule has 2 fully saturated rings. The Bertz CT molecular complexity index is 1600. The summed E-state index contributed by atoms with van der Waals surface area (Å²) in [5, 5.41) is 3.33. The van der Waals surface area contributed by atoms with Gasteiger partial charge < -0.3 is 23.9 Å². The first-order chi connectivity index (χ1) is 24.2. The van der Waals surface area contributed by atoms with Crippen LogP contribution in [0.2, 0.25) is 0 Å². The fourth-order valence-corrected chi connectivity index (χ4v) is 9.03. The second-order valence-corrected chi connectivity index (χ2v) is 17.3. The van der Waals surface area contributed by atoms with E-state index in [1.165, 1.54) is 0 Å². The number of likely N-dealkylation sites (tertiary alicyclic amines) is 2. The average molecular weight is 720 g/mol. The zero-order valence-corrected chi connectivity index (χ0v) is 32.5. The number of benzene rings is 1. The van der Waals surface area contributed by atoms with E-state index >= 15 is 0 Å². The first kappa shape index (κ1) is 38.9. The lowest BCUT2D eigenvalue weighted by Crippen LogP contribution is -2.62. The minimum absolute atomic E-state index is 0.00892. The molecular weight excluding hydrogens is 661 g/mol. The van der Waals surface area contributed by atoms with Crippen molar-refractivity contribution < 1.29 is 18.4 Å². The molecule has 1 aromatic carbocycles. The topological polar surface area (TPSA) is 116 Å². The molecule has 5 unspecified atom stereocenters. The molecule has 2 saturated heterocycles. The highest BCUT2D eigenvalue weighted by Crippen LogP contribution is 2.38. The molecule has 2 aromatic heterocycles. The highest BCUT2D eigenvalue weighted by molar-refractivity contribution is 7.79. The summed E-state index contributed by atoms with van der Waals surface area (Å²) < 4.78 is 27.7. The number of nitrogens with zero attached hydrogens (tertiary/aromatic N) is 5. The third-order valence-corrected chi connectivity index (χ3v) is 12.5. The van der Waals surface area contributed by atoms with E-state index in [-0.39, 0.29) is 57.9 Å². The third kappa shape index (κ3) is 9.78. The lowest BCUT2D eigenvalue weighted by molar-refractivity contribution is -0.130. The molecule has 0 radical (unpaired) electrons. The molecule has 1 N–H and O–H groups in total. The maximum Gasteiger partial charge on any atom is 0.224 e. The Kier molecular flexibility index (Phi) is 12.7. The van der Waals surface area contributed by atoms with Gasteiger partial charge in [0.1, 0.15) is 0 Å². The van der Waals surface area contributed by atoms with Crippen LogP contribution in [0.4, 0.5) is 0 Å². The Morgan fingerprint density at radius 1 is 1.02 bits per heavy atom. The van der Waals surface area contributed by atoms with Crippen LogP contribution in [0.3, 0.4) is 0 Å². The van der Waals surface area contributed by atoms with Crippen LogP contribution < -0.4 is 5.32 Å². The van der Waals surface area contributed by atoms with Gasteiger partial charge in [0.15, 0.2) is 0 Å². The van der Waals surface area contributed by atoms with Gasteiger partial charge in [0.2, 0.25) is 11.8 Å². The van der Waals surface area contributed by atoms with E-state index in [9.17, 15) is 18.4 Å². The summed E-state index contributed by atoms with van der Waals surface area (Å²) >= 11 is -2.29. The number of rotatable bonds is 16. The number of carbonyl (C=O) groups excluding carboxylic acids is 2. The fraction of sp³-hybridized carbons (Fsp3) is 0.625. The Labute approximate surface area is 307 Å². The second-order valence-electron chi connectivity index (χ2n) is 16.3. The smallest absolute Gasteiger partial charge is 0.224 e. The van der Waals surface area contributed by atoms with Gasteiger partial charge in [-0.05, 0) is 139 Å². The van der Waals surface area contributed by atoms with Crippen LogP contribution in [0.5, 0.6) is 0 Å². The van der Waals surface area contributed by atoms with Crippen LogP contribution in [0.1, 0.15) is 128 Å². The van der Waals surface area contributed by atoms with E-state index in [1.54, 1.807) is 18.3 Å². The summed E-state index contributed by atoms with van der Waals surface area (Å²) in [6, 6.07) is 9.91. The average Bonchev–Trinajstić information content (AvgIpc) is 3.86. The molecule has 10 nitrogen and oxygen atoms in total. The summed E-state index contributed by atoms with van der Waals surface area (Å²) in [6.45, 7) is 14.2. The molecule has 11 heteroatoms. The zero-order chi connectivity index (χ0) is 36.9. The van der Waals surface area contributed by atoms with E-state index in [4.69, 9.17) is 0 Å². The molecule has 0 saturated carbocycles. The summed E-state index contributed by atoms with van der Waals surface area (Å²) in [4.78, 5) is 35.4. The molecule has 51 heavy (non-hydrogen) atoms. The molecule has 5 atom stereocenters. The van der Waals surface area contributed by atoms with Crippen LogP contribution in [0.15, 0.2) is 66.3 Å². The SMILES string of the molecule is CCC(CC(CC(CCC(C)n1ccc(CC(=O)NC2CC(C)(C)N(C)C(C)(C)C2)c1)c1ccc(S(=O)[O-])cc1)N1CCCC1=O)n1ccnc1. The lowest BCUT2D eigenvalue weighted by atomic mass is 9.77. The molecule has 2 aliphatic heterocycles. The lowest BCUT2D eigenvalue weighted by Gasteiger charge is -2.53. The summed E-state index contributed by atoms with van der Waals surface area (Å²) in [6.07, 6.45) is 17.8. The number of imidazole rings is 1. The predicted molar refractivity (Wildman–Crippen MR) is 201 cm³/mol. The van der Waals surface area contributed by atoms with E-state index in [1.807, 2.05) is 30.7 Å². The van der Waals surface area contributed by atoms with E-state index in [2.05, 4.69) is 90.2 Å². The highest BCUT2D eigenvalue weighted by Gasteiger charge is 2.43. The highest BCUT2D eigenvalue weighted by atomic mass is 32.2. The van der Waals surface area contributed by atoms with Crippen molar-refractivity contribution in [3.05, 3.63) is 72.6 Å². The first-order valence-corrected chi connectivity index (χ1v) is 19.9. The van der Waals surface area contributed by atoms with Crippen molar-refractivity contribution in [2.24, 2.45) is 0 Å². The molecule has 0 aliphatic carbocycles. The van der Waals surface area contributed by atoms with Gasteiger partial charge in [0.05, 0.1) is 12.7 Å². The minimum Gasteiger partial charge on any atom is -0.768 e. The van der Waals surface area contributed by atoms with Gasteiger partial charge in [-0.2, -0.15) is 0 Å². The predicted octanol–water partition coefficient (Wildman–Crippen LogP) is 6.78. The Balaban J connectivity index is 1.27. The van der Waals surface area contributed by atoms with Crippen LogP contribution in [0, 0.1) is 0 Å². The maximum absolute atomic E-state index is 13.2. The number of nitrogens with one attached hydrogen (secondary N) is 1. The monoisotopic (exact) mass is 719 g/mol. The number of hydrogen-bond donors (Lipinski definition) is 1. The molecule has 2 aliphatic rings. The second kappa shape index (κ2) is 16.6. The van der Waals surface area contributed by atoms with Crippen molar-refractivity contribution in [2.75, 3.05) is 13.6 Å². The number of piperidine rings is 1. The van der Waals surface area contributed by atoms with E-state index in [0.29, 0.717) is 12.8 Å². The molecule has 0 spiro atoms. The van der Waals surface area contributed by atoms with E-state index in [0.717, 1.165) is 69.0 Å². The Hall–Kier alpha value is -3.28. The Morgan fingerprint density at radius 2 is 1.73 bits per heavy atom. The van der Waals surface area contributed by atoms with Crippen molar-refractivity contribution >= 4 is 22.9 Å². The van der Waals surface area contributed by atoms with Crippen molar-refractivity contribution in [3.63, 3.8) is 0 Å². The number of hydrogen-bond acceptors (Lipinski definition) is 6. The number of carbonyl (C=O) groups is 2. The van der Waals surface area contributed by atoms with Gasteiger partial charge in [-0.3, -0.25) is 18.7 Å². The molecule has 4 heterocycles. The molecular formula is C40H59N6O4S-. The van der Waals surface area contributed by atoms with Crippen LogP contribution in [-0.4, -0.2) is 81.2 Å². The zero-order valence-electron chi connectivity index (χ0n) is 31.7. The van der Waals surface area contributed by atoms with Gasteiger partial charge >= 0.3 is 0 Å². The van der Waals surface area contributed by atoms with Crippen LogP contribution in [-0.2, 0) is 27.1 Å². The van der Waals surface area contributed by atoms with E-state index < -0.39 is 11.1 Å². The van der Waals surface area contributed by atoms with Gasteiger partial charge in [-0.25, -0.2) is 4.98 Å². The fourth-order valence-electron chi connectivity index (χ4n) is 8.67. The van der Waals surface area contributed by atoms with Gasteiger partial charge in [-0.1, -0.05) is 19.1 Å². The molecule has 280 valence electrons. The van der Waals surface area contributed by atoms with Gasteiger partial charge in [0.25, 0.3) is 0 Å². The first-order valence-electron chi connectivity index (χ1n) is 18.8. The van der Waals surface area contributed by atoms with Crippen molar-refractivity contribution in [1.82, 2.24) is 29.2 Å². The number of aromatic nitrogens is 3. The van der Waals surface area contributed by atoms with Crippen LogP contribution in [0.25, 0.3) is 0 Å². The van der Waals surface area contributed by atoms with Crippen molar-refractivity contribution in [2.45, 2.75) is 152 Å². The van der Waals surface area contributed by atoms with Crippen molar-refractivity contribution in [1.29, 1.82) is 0 Å². The van der Waals surface area contributed by atoms with Crippen molar-refractivity contribution in [3.8, 4) is 0 Å². The summed E-state index contributed by atoms with van der Waals surface area (Å²) in [7, 11) is 2.18. The minimum atomic E-state index is -2.29. The molecule has 3 aromatic rings. The van der Waals surface area contributed by atoms with Gasteiger partial charge in [-0.15, -0.1) is 0 Å². The standard InChI is InChI=1S/C40H60N6O4S/c1-8-34(45-21-18-41-28-45)24-35(46-19-9-10-38(46)48)23-32(31-13-15-36(16-14-31)51(49)50)12-11-29(2)44-20-17-30(27-44)22-37(47)42-33-25-39(3,4)43(7)40(5,6)26-33/h13-18,20-21,27-29,32-35H,8-12,19,22-26H2,1-7H3,(H,42,47)(H,49,50)/p-1.